The molecule has 0 fully saturated rings. The van der Waals surface area contributed by atoms with Crippen LogP contribution in [-0.4, -0.2) is 14.7 Å². The van der Waals surface area contributed by atoms with Crippen LogP contribution in [-0.2, 0) is 13.6 Å². The molecule has 0 aliphatic carbocycles. The van der Waals surface area contributed by atoms with Gasteiger partial charge in [-0.05, 0) is 18.2 Å². The standard InChI is InChI=1S/C11H11BrN4O2/c1-15-9(4-5-14-15)7-13-10-6-8(12)2-3-11(10)16(17)18/h2-6,13H,7H2,1H3. The topological polar surface area (TPSA) is 73.0 Å². The molecule has 7 heteroatoms. The van der Waals surface area contributed by atoms with E-state index in [1.165, 1.54) is 6.07 Å². The summed E-state index contributed by atoms with van der Waals surface area (Å²) in [6, 6.07) is 6.66. The van der Waals surface area contributed by atoms with E-state index in [-0.39, 0.29) is 5.69 Å². The fourth-order valence-corrected chi connectivity index (χ4v) is 1.93. The number of nitro benzene ring substituents is 1. The average molecular weight is 311 g/mol. The Morgan fingerprint density at radius 3 is 2.89 bits per heavy atom. The zero-order valence-corrected chi connectivity index (χ0v) is 11.2. The predicted octanol–water partition coefficient (Wildman–Crippen LogP) is 2.70. The number of nitrogens with one attached hydrogen (secondary N) is 1. The first-order valence-electron chi connectivity index (χ1n) is 5.22. The number of rotatable bonds is 4. The SMILES string of the molecule is Cn1nccc1CNc1cc(Br)ccc1[N+](=O)[O-]. The van der Waals surface area contributed by atoms with Crippen LogP contribution in [0.4, 0.5) is 11.4 Å². The Kier molecular flexibility index (Phi) is 3.61. The van der Waals surface area contributed by atoms with Crippen LogP contribution in [0.2, 0.25) is 0 Å². The van der Waals surface area contributed by atoms with Gasteiger partial charge in [-0.3, -0.25) is 14.8 Å². The highest BCUT2D eigenvalue weighted by atomic mass is 79.9. The number of halogens is 1. The second kappa shape index (κ2) is 5.18. The van der Waals surface area contributed by atoms with Gasteiger partial charge in [-0.25, -0.2) is 0 Å². The molecule has 1 N–H and O–H groups in total. The van der Waals surface area contributed by atoms with E-state index in [9.17, 15) is 10.1 Å². The van der Waals surface area contributed by atoms with Gasteiger partial charge in [-0.2, -0.15) is 5.10 Å². The van der Waals surface area contributed by atoms with Crippen molar-refractivity contribution in [2.45, 2.75) is 6.54 Å². The van der Waals surface area contributed by atoms with Gasteiger partial charge < -0.3 is 5.32 Å². The van der Waals surface area contributed by atoms with Crippen LogP contribution in [0.5, 0.6) is 0 Å². The van der Waals surface area contributed by atoms with Gasteiger partial charge in [-0.15, -0.1) is 0 Å². The maximum atomic E-state index is 10.9. The lowest BCUT2D eigenvalue weighted by atomic mass is 10.2. The predicted molar refractivity (Wildman–Crippen MR) is 71.3 cm³/mol. The summed E-state index contributed by atoms with van der Waals surface area (Å²) in [5.41, 5.74) is 1.49. The molecule has 1 aromatic heterocycles. The average Bonchev–Trinajstić information content (AvgIpc) is 2.72. The van der Waals surface area contributed by atoms with Gasteiger partial charge in [0.05, 0.1) is 17.2 Å². The van der Waals surface area contributed by atoms with E-state index in [4.69, 9.17) is 0 Å². The molecule has 94 valence electrons. The fraction of sp³-hybridized carbons (Fsp3) is 0.182. The summed E-state index contributed by atoms with van der Waals surface area (Å²) >= 11 is 3.30. The minimum absolute atomic E-state index is 0.0559. The minimum atomic E-state index is -0.405. The molecule has 0 aliphatic rings. The highest BCUT2D eigenvalue weighted by Gasteiger charge is 2.13. The molecule has 18 heavy (non-hydrogen) atoms. The first-order chi connectivity index (χ1) is 8.58. The van der Waals surface area contributed by atoms with Crippen molar-refractivity contribution < 1.29 is 4.92 Å². The molecule has 2 rings (SSSR count). The van der Waals surface area contributed by atoms with Crippen molar-refractivity contribution in [3.8, 4) is 0 Å². The Labute approximate surface area is 112 Å². The lowest BCUT2D eigenvalue weighted by Crippen LogP contribution is -2.06. The van der Waals surface area contributed by atoms with Crippen molar-refractivity contribution in [2.75, 3.05) is 5.32 Å². The number of aryl methyl sites for hydroxylation is 1. The molecule has 1 aromatic carbocycles. The molecule has 0 bridgehead atoms. The fourth-order valence-electron chi connectivity index (χ4n) is 1.57. The molecule has 1 heterocycles. The summed E-state index contributed by atoms with van der Waals surface area (Å²) in [5.74, 6) is 0. The van der Waals surface area contributed by atoms with Crippen molar-refractivity contribution in [3.63, 3.8) is 0 Å². The number of nitrogens with zero attached hydrogens (tertiary/aromatic N) is 3. The van der Waals surface area contributed by atoms with E-state index >= 15 is 0 Å². The zero-order chi connectivity index (χ0) is 13.1. The number of benzene rings is 1. The first kappa shape index (κ1) is 12.6. The molecule has 0 aliphatic heterocycles. The molecule has 6 nitrogen and oxygen atoms in total. The first-order valence-corrected chi connectivity index (χ1v) is 6.02. The third-order valence-electron chi connectivity index (χ3n) is 2.54. The molecular weight excluding hydrogens is 300 g/mol. The van der Waals surface area contributed by atoms with Crippen molar-refractivity contribution >= 4 is 27.3 Å². The van der Waals surface area contributed by atoms with E-state index in [2.05, 4.69) is 26.3 Å². The van der Waals surface area contributed by atoms with Crippen molar-refractivity contribution in [1.29, 1.82) is 0 Å². The Morgan fingerprint density at radius 1 is 1.50 bits per heavy atom. The zero-order valence-electron chi connectivity index (χ0n) is 9.63. The minimum Gasteiger partial charge on any atom is -0.374 e. The lowest BCUT2D eigenvalue weighted by Gasteiger charge is -2.07. The van der Waals surface area contributed by atoms with Gasteiger partial charge in [0, 0.05) is 23.8 Å². The molecule has 2 aromatic rings. The second-order valence-electron chi connectivity index (χ2n) is 3.72. The summed E-state index contributed by atoms with van der Waals surface area (Å²) in [5, 5.41) is 18.0. The van der Waals surface area contributed by atoms with Crippen molar-refractivity contribution in [3.05, 3.63) is 50.7 Å². The number of hydrogen-bond donors (Lipinski definition) is 1. The van der Waals surface area contributed by atoms with Crippen LogP contribution in [0.25, 0.3) is 0 Å². The van der Waals surface area contributed by atoms with Gasteiger partial charge >= 0.3 is 0 Å². The Morgan fingerprint density at radius 2 is 2.28 bits per heavy atom. The normalized spacial score (nSPS) is 10.3. The smallest absolute Gasteiger partial charge is 0.292 e. The highest BCUT2D eigenvalue weighted by molar-refractivity contribution is 9.10. The quantitative estimate of drug-likeness (QED) is 0.696. The van der Waals surface area contributed by atoms with Crippen LogP contribution in [0.15, 0.2) is 34.9 Å². The maximum Gasteiger partial charge on any atom is 0.292 e. The summed E-state index contributed by atoms with van der Waals surface area (Å²) in [6.07, 6.45) is 1.69. The van der Waals surface area contributed by atoms with Gasteiger partial charge in [0.1, 0.15) is 5.69 Å². The molecule has 0 spiro atoms. The van der Waals surface area contributed by atoms with Crippen LogP contribution in [0.1, 0.15) is 5.69 Å². The Hall–Kier alpha value is -1.89. The van der Waals surface area contributed by atoms with E-state index < -0.39 is 4.92 Å². The molecule has 0 saturated carbocycles. The number of nitro groups is 1. The third-order valence-corrected chi connectivity index (χ3v) is 3.03. The van der Waals surface area contributed by atoms with E-state index in [1.54, 1.807) is 23.0 Å². The van der Waals surface area contributed by atoms with Crippen molar-refractivity contribution in [2.24, 2.45) is 7.05 Å². The van der Waals surface area contributed by atoms with Crippen LogP contribution < -0.4 is 5.32 Å². The lowest BCUT2D eigenvalue weighted by molar-refractivity contribution is -0.384. The van der Waals surface area contributed by atoms with Gasteiger partial charge in [0.2, 0.25) is 0 Å². The summed E-state index contributed by atoms with van der Waals surface area (Å²) in [6.45, 7) is 0.480. The van der Waals surface area contributed by atoms with Gasteiger partial charge in [0.15, 0.2) is 0 Å². The monoisotopic (exact) mass is 310 g/mol. The number of aromatic nitrogens is 2. The second-order valence-corrected chi connectivity index (χ2v) is 4.63. The Bertz CT molecular complexity index is 582. The highest BCUT2D eigenvalue weighted by Crippen LogP contribution is 2.28. The number of anilines is 1. The van der Waals surface area contributed by atoms with Crippen LogP contribution >= 0.6 is 15.9 Å². The van der Waals surface area contributed by atoms with E-state index in [1.807, 2.05) is 13.1 Å². The molecular formula is C11H11BrN4O2. The summed E-state index contributed by atoms with van der Waals surface area (Å²) in [7, 11) is 1.83. The Balaban J connectivity index is 2.20. The molecule has 0 saturated heterocycles. The van der Waals surface area contributed by atoms with Crippen LogP contribution in [0.3, 0.4) is 0 Å². The largest absolute Gasteiger partial charge is 0.374 e. The molecule has 0 unspecified atom stereocenters. The molecule has 0 radical (unpaired) electrons. The van der Waals surface area contributed by atoms with E-state index in [0.717, 1.165) is 10.2 Å². The maximum absolute atomic E-state index is 10.9. The van der Waals surface area contributed by atoms with Gasteiger partial charge in [0.25, 0.3) is 5.69 Å². The van der Waals surface area contributed by atoms with Crippen LogP contribution in [0, 0.1) is 10.1 Å². The van der Waals surface area contributed by atoms with Crippen molar-refractivity contribution in [1.82, 2.24) is 9.78 Å². The summed E-state index contributed by atoms with van der Waals surface area (Å²) in [4.78, 5) is 10.5. The third kappa shape index (κ3) is 2.67. The number of hydrogen-bond acceptors (Lipinski definition) is 4. The van der Waals surface area contributed by atoms with E-state index in [0.29, 0.717) is 12.2 Å². The summed E-state index contributed by atoms with van der Waals surface area (Å²) < 4.78 is 2.51. The van der Waals surface area contributed by atoms with Gasteiger partial charge in [-0.1, -0.05) is 15.9 Å². The molecule has 0 atom stereocenters. The molecule has 0 amide bonds.